The van der Waals surface area contributed by atoms with E-state index in [1.807, 2.05) is 23.1 Å². The van der Waals surface area contributed by atoms with E-state index < -0.39 is 23.7 Å². The van der Waals surface area contributed by atoms with E-state index in [2.05, 4.69) is 4.98 Å². The van der Waals surface area contributed by atoms with Crippen molar-refractivity contribution in [3.05, 3.63) is 47.0 Å². The number of esters is 1. The lowest BCUT2D eigenvalue weighted by atomic mass is 10.2. The third-order valence-electron chi connectivity index (χ3n) is 5.07. The van der Waals surface area contributed by atoms with Crippen LogP contribution in [0.15, 0.2) is 30.7 Å². The zero-order valence-corrected chi connectivity index (χ0v) is 14.9. The number of hydrogen-bond acceptors (Lipinski definition) is 4. The minimum Gasteiger partial charge on any atom is -0.461 e. The summed E-state index contributed by atoms with van der Waals surface area (Å²) in [6.45, 7) is 3.23. The minimum absolute atomic E-state index is 0.247. The molecule has 1 aliphatic carbocycles. The highest BCUT2D eigenvalue weighted by Gasteiger charge is 2.71. The van der Waals surface area contributed by atoms with E-state index in [1.54, 1.807) is 24.0 Å². The second-order valence-corrected chi connectivity index (χ2v) is 7.13. The molecule has 8 heteroatoms. The van der Waals surface area contributed by atoms with Crippen molar-refractivity contribution in [1.29, 1.82) is 0 Å². The van der Waals surface area contributed by atoms with Crippen molar-refractivity contribution in [2.75, 3.05) is 24.6 Å². The summed E-state index contributed by atoms with van der Waals surface area (Å²) in [4.78, 5) is 17.7. The van der Waals surface area contributed by atoms with Crippen molar-refractivity contribution >= 4 is 23.3 Å². The Morgan fingerprint density at radius 1 is 1.38 bits per heavy atom. The highest BCUT2D eigenvalue weighted by molar-refractivity contribution is 6.31. The highest BCUT2D eigenvalue weighted by atomic mass is 35.5. The van der Waals surface area contributed by atoms with Crippen molar-refractivity contribution in [2.24, 2.45) is 11.8 Å². The van der Waals surface area contributed by atoms with Gasteiger partial charge in [0.1, 0.15) is 0 Å². The van der Waals surface area contributed by atoms with Crippen LogP contribution in [-0.4, -0.2) is 41.1 Å². The summed E-state index contributed by atoms with van der Waals surface area (Å²) in [5, 5.41) is 0.557. The molecule has 26 heavy (non-hydrogen) atoms. The summed E-state index contributed by atoms with van der Waals surface area (Å²) >= 11 is 6.38. The Bertz CT molecular complexity index is 841. The molecule has 2 heterocycles. The molecule has 2 atom stereocenters. The summed E-state index contributed by atoms with van der Waals surface area (Å²) in [6.07, 6.45) is 3.16. The number of carbonyl (C=O) groups excluding carboxylic acids is 1. The molecule has 1 aliphatic heterocycles. The van der Waals surface area contributed by atoms with E-state index in [-0.39, 0.29) is 5.69 Å². The maximum absolute atomic E-state index is 13.3. The first-order valence-corrected chi connectivity index (χ1v) is 8.88. The van der Waals surface area contributed by atoms with Gasteiger partial charge in [-0.3, -0.25) is 0 Å². The Labute approximate surface area is 154 Å². The molecular weight excluding hydrogens is 364 g/mol. The van der Waals surface area contributed by atoms with E-state index in [0.717, 1.165) is 11.3 Å². The van der Waals surface area contributed by atoms with Gasteiger partial charge in [-0.25, -0.2) is 18.6 Å². The largest absolute Gasteiger partial charge is 0.461 e. The summed E-state index contributed by atoms with van der Waals surface area (Å²) in [6, 6.07) is 5.58. The number of halogens is 3. The third kappa shape index (κ3) is 2.94. The predicted octanol–water partition coefficient (Wildman–Crippen LogP) is 3.46. The number of hydrogen-bond donors (Lipinski definition) is 0. The number of carbonyl (C=O) groups is 1. The van der Waals surface area contributed by atoms with Crippen LogP contribution in [0.4, 0.5) is 14.5 Å². The van der Waals surface area contributed by atoms with Crippen LogP contribution < -0.4 is 4.90 Å². The topological polar surface area (TPSA) is 47.4 Å². The molecule has 0 radical (unpaired) electrons. The number of piperidine rings is 1. The summed E-state index contributed by atoms with van der Waals surface area (Å²) in [7, 11) is 0. The van der Waals surface area contributed by atoms with Crippen LogP contribution in [0.2, 0.25) is 5.02 Å². The maximum atomic E-state index is 13.3. The molecule has 2 aromatic rings. The summed E-state index contributed by atoms with van der Waals surface area (Å²) in [5.74, 6) is -3.99. The van der Waals surface area contributed by atoms with E-state index in [0.29, 0.717) is 31.3 Å². The lowest BCUT2D eigenvalue weighted by molar-refractivity contribution is 0.0520. The van der Waals surface area contributed by atoms with Crippen molar-refractivity contribution < 1.29 is 18.3 Å². The van der Waals surface area contributed by atoms with Gasteiger partial charge in [-0.05, 0) is 24.6 Å². The van der Waals surface area contributed by atoms with Crippen LogP contribution in [0.3, 0.4) is 0 Å². The van der Waals surface area contributed by atoms with Crippen LogP contribution in [-0.2, 0) is 11.3 Å². The third-order valence-corrected chi connectivity index (χ3v) is 5.42. The van der Waals surface area contributed by atoms with Gasteiger partial charge >= 0.3 is 5.97 Å². The molecule has 0 N–H and O–H groups in total. The van der Waals surface area contributed by atoms with Crippen molar-refractivity contribution in [3.63, 3.8) is 0 Å². The molecule has 1 saturated heterocycles. The second-order valence-electron chi connectivity index (χ2n) is 6.72. The number of imidazole rings is 1. The van der Waals surface area contributed by atoms with Gasteiger partial charge < -0.3 is 14.2 Å². The van der Waals surface area contributed by atoms with Gasteiger partial charge in [0, 0.05) is 36.5 Å². The molecule has 0 amide bonds. The number of ether oxygens (including phenoxy) is 1. The molecule has 1 aromatic carbocycles. The molecule has 1 saturated carbocycles. The molecule has 2 aliphatic rings. The fourth-order valence-corrected chi connectivity index (χ4v) is 3.77. The van der Waals surface area contributed by atoms with Gasteiger partial charge in [-0.2, -0.15) is 0 Å². The van der Waals surface area contributed by atoms with Gasteiger partial charge in [0.2, 0.25) is 0 Å². The Morgan fingerprint density at radius 2 is 2.12 bits per heavy atom. The second kappa shape index (κ2) is 6.23. The number of benzene rings is 1. The highest BCUT2D eigenvalue weighted by Crippen LogP contribution is 2.59. The van der Waals surface area contributed by atoms with Crippen LogP contribution in [0.5, 0.6) is 0 Å². The van der Waals surface area contributed by atoms with Crippen LogP contribution in [0.25, 0.3) is 0 Å². The standard InChI is InChI=1S/C18H18ClF2N3O2/c1-2-26-17(25)16-9-23(10-22-16)6-11-3-4-12(5-15(11)19)24-7-13-14(8-24)18(13,20)21/h3-5,9-10,13-14H,2,6-8H2,1H3. The summed E-state index contributed by atoms with van der Waals surface area (Å²) in [5.41, 5.74) is 1.97. The Hall–Kier alpha value is -2.15. The molecule has 138 valence electrons. The van der Waals surface area contributed by atoms with Gasteiger partial charge in [0.05, 0.1) is 24.8 Å². The number of fused-ring (bicyclic) bond motifs is 1. The van der Waals surface area contributed by atoms with Gasteiger partial charge in [0.15, 0.2) is 5.69 Å². The molecule has 2 unspecified atom stereocenters. The fraction of sp³-hybridized carbons (Fsp3) is 0.444. The monoisotopic (exact) mass is 381 g/mol. The lowest BCUT2D eigenvalue weighted by Crippen LogP contribution is -2.27. The first-order chi connectivity index (χ1) is 12.4. The van der Waals surface area contributed by atoms with E-state index >= 15 is 0 Å². The Balaban J connectivity index is 1.43. The zero-order chi connectivity index (χ0) is 18.5. The number of aromatic nitrogens is 2. The molecule has 5 nitrogen and oxygen atoms in total. The molecule has 2 fully saturated rings. The SMILES string of the molecule is CCOC(=O)c1cn(Cc2ccc(N3CC4C(C3)C4(F)F)cc2Cl)cn1. The van der Waals surface area contributed by atoms with E-state index in [9.17, 15) is 13.6 Å². The van der Waals surface area contributed by atoms with Crippen molar-refractivity contribution in [2.45, 2.75) is 19.4 Å². The normalized spacial score (nSPS) is 23.0. The molecule has 0 bridgehead atoms. The number of anilines is 1. The number of nitrogens with zero attached hydrogens (tertiary/aromatic N) is 3. The van der Waals surface area contributed by atoms with Gasteiger partial charge in [-0.1, -0.05) is 17.7 Å². The first-order valence-electron chi connectivity index (χ1n) is 8.50. The molecule has 0 spiro atoms. The number of rotatable bonds is 5. The molecular formula is C18H18ClF2N3O2. The van der Waals surface area contributed by atoms with Crippen molar-refractivity contribution in [3.8, 4) is 0 Å². The van der Waals surface area contributed by atoms with Crippen LogP contribution in [0.1, 0.15) is 23.0 Å². The van der Waals surface area contributed by atoms with Crippen molar-refractivity contribution in [1.82, 2.24) is 9.55 Å². The van der Waals surface area contributed by atoms with E-state index in [1.165, 1.54) is 0 Å². The van der Waals surface area contributed by atoms with Gasteiger partial charge in [0.25, 0.3) is 5.92 Å². The molecule has 1 aromatic heterocycles. The number of alkyl halides is 2. The summed E-state index contributed by atoms with van der Waals surface area (Å²) < 4.78 is 33.3. The average Bonchev–Trinajstić information content (AvgIpc) is 3.05. The smallest absolute Gasteiger partial charge is 0.358 e. The van der Waals surface area contributed by atoms with Crippen LogP contribution in [0, 0.1) is 11.8 Å². The predicted molar refractivity (Wildman–Crippen MR) is 92.9 cm³/mol. The Morgan fingerprint density at radius 3 is 2.77 bits per heavy atom. The van der Waals surface area contributed by atoms with E-state index in [4.69, 9.17) is 16.3 Å². The minimum atomic E-state index is -2.49. The maximum Gasteiger partial charge on any atom is 0.358 e. The first kappa shape index (κ1) is 17.3. The lowest BCUT2D eigenvalue weighted by Gasteiger charge is -2.22. The Kier molecular flexibility index (Phi) is 4.14. The average molecular weight is 382 g/mol. The quantitative estimate of drug-likeness (QED) is 0.744. The van der Waals surface area contributed by atoms with Crippen LogP contribution >= 0.6 is 11.6 Å². The van der Waals surface area contributed by atoms with Gasteiger partial charge in [-0.15, -0.1) is 0 Å². The fourth-order valence-electron chi connectivity index (χ4n) is 3.53. The molecule has 4 rings (SSSR count). The zero-order valence-electron chi connectivity index (χ0n) is 14.2.